The molecule has 0 unspecified atom stereocenters. The highest BCUT2D eigenvalue weighted by atomic mass is 19.1. The van der Waals surface area contributed by atoms with E-state index in [2.05, 4.69) is 5.32 Å². The van der Waals surface area contributed by atoms with Crippen LogP contribution in [0.25, 0.3) is 0 Å². The third-order valence-electron chi connectivity index (χ3n) is 1.87. The van der Waals surface area contributed by atoms with E-state index in [4.69, 9.17) is 4.74 Å². The van der Waals surface area contributed by atoms with Crippen LogP contribution in [0.1, 0.15) is 6.92 Å². The molecule has 1 aliphatic heterocycles. The fraction of sp³-hybridized carbons (Fsp3) is 0.222. The Kier molecular flexibility index (Phi) is 1.69. The van der Waals surface area contributed by atoms with Crippen LogP contribution in [0.3, 0.4) is 0 Å². The molecule has 1 atom stereocenters. The van der Waals surface area contributed by atoms with E-state index < -0.39 is 11.9 Å². The number of fused-ring (bicyclic) bond motifs is 1. The molecule has 0 saturated heterocycles. The summed E-state index contributed by atoms with van der Waals surface area (Å²) in [5, 5.41) is 2.55. The number of carbonyl (C=O) groups excluding carboxylic acids is 1. The Balaban J connectivity index is 2.42. The molecule has 4 heteroatoms. The number of rotatable bonds is 0. The van der Waals surface area contributed by atoms with Crippen LogP contribution in [0.2, 0.25) is 0 Å². The van der Waals surface area contributed by atoms with Gasteiger partial charge in [-0.15, -0.1) is 0 Å². The quantitative estimate of drug-likeness (QED) is 0.659. The molecule has 1 heterocycles. The Bertz CT molecular complexity index is 365. The molecule has 68 valence electrons. The minimum absolute atomic E-state index is 0.252. The van der Waals surface area contributed by atoms with Gasteiger partial charge in [0, 0.05) is 6.07 Å². The minimum Gasteiger partial charge on any atom is -0.479 e. The fourth-order valence-corrected chi connectivity index (χ4v) is 1.18. The minimum atomic E-state index is -0.516. The number of hydrogen-bond donors (Lipinski definition) is 1. The second-order valence-corrected chi connectivity index (χ2v) is 2.89. The lowest BCUT2D eigenvalue weighted by Crippen LogP contribution is -2.34. The average molecular weight is 181 g/mol. The predicted octanol–water partition coefficient (Wildman–Crippen LogP) is 1.55. The summed E-state index contributed by atoms with van der Waals surface area (Å²) in [6.07, 6.45) is -0.516. The molecule has 3 nitrogen and oxygen atoms in total. The van der Waals surface area contributed by atoms with E-state index in [1.807, 2.05) is 0 Å². The standard InChI is InChI=1S/C9H8FNO2/c1-5-9(12)11-7-4-6(10)2-3-8(7)13-5/h2-5H,1H3,(H,11,12)/t5-/m0/s1. The van der Waals surface area contributed by atoms with Gasteiger partial charge in [0.1, 0.15) is 11.6 Å². The molecule has 1 amide bonds. The van der Waals surface area contributed by atoms with Crippen molar-refractivity contribution < 1.29 is 13.9 Å². The number of nitrogens with one attached hydrogen (secondary N) is 1. The Morgan fingerprint density at radius 1 is 1.54 bits per heavy atom. The van der Waals surface area contributed by atoms with Crippen LogP contribution in [0.15, 0.2) is 18.2 Å². The molecule has 1 aromatic carbocycles. The molecule has 0 saturated carbocycles. The fourth-order valence-electron chi connectivity index (χ4n) is 1.18. The first-order chi connectivity index (χ1) is 6.16. The topological polar surface area (TPSA) is 38.3 Å². The Labute approximate surface area is 74.5 Å². The molecule has 2 rings (SSSR count). The molecule has 0 fully saturated rings. The van der Waals surface area contributed by atoms with E-state index in [0.29, 0.717) is 11.4 Å². The van der Waals surface area contributed by atoms with E-state index in [-0.39, 0.29) is 5.91 Å². The van der Waals surface area contributed by atoms with Crippen molar-refractivity contribution in [3.8, 4) is 5.75 Å². The van der Waals surface area contributed by atoms with Crippen molar-refractivity contribution in [2.24, 2.45) is 0 Å². The Hall–Kier alpha value is -1.58. The summed E-state index contributed by atoms with van der Waals surface area (Å²) >= 11 is 0. The van der Waals surface area contributed by atoms with Crippen LogP contribution < -0.4 is 10.1 Å². The molecule has 1 aromatic rings. The molecular formula is C9H8FNO2. The molecule has 0 radical (unpaired) electrons. The summed E-state index contributed by atoms with van der Waals surface area (Å²) in [5.74, 6) is -0.135. The van der Waals surface area contributed by atoms with E-state index in [9.17, 15) is 9.18 Å². The highest BCUT2D eigenvalue weighted by Gasteiger charge is 2.23. The van der Waals surface area contributed by atoms with Crippen molar-refractivity contribution in [3.05, 3.63) is 24.0 Å². The third-order valence-corrected chi connectivity index (χ3v) is 1.87. The summed E-state index contributed by atoms with van der Waals surface area (Å²) in [4.78, 5) is 11.1. The van der Waals surface area contributed by atoms with Gasteiger partial charge in [0.2, 0.25) is 0 Å². The summed E-state index contributed by atoms with van der Waals surface area (Å²) in [7, 11) is 0. The highest BCUT2D eigenvalue weighted by molar-refractivity contribution is 5.97. The molecular weight excluding hydrogens is 173 g/mol. The number of carbonyl (C=O) groups is 1. The van der Waals surface area contributed by atoms with Crippen molar-refractivity contribution in [1.82, 2.24) is 0 Å². The van der Waals surface area contributed by atoms with Crippen LogP contribution in [0.4, 0.5) is 10.1 Å². The van der Waals surface area contributed by atoms with Gasteiger partial charge in [-0.05, 0) is 19.1 Å². The van der Waals surface area contributed by atoms with Gasteiger partial charge in [0.25, 0.3) is 5.91 Å². The number of ether oxygens (including phenoxy) is 1. The van der Waals surface area contributed by atoms with E-state index in [1.165, 1.54) is 18.2 Å². The number of amides is 1. The summed E-state index contributed by atoms with van der Waals surface area (Å²) < 4.78 is 17.9. The first kappa shape index (κ1) is 8.04. The smallest absolute Gasteiger partial charge is 0.265 e. The maximum atomic E-state index is 12.7. The van der Waals surface area contributed by atoms with Gasteiger partial charge in [-0.3, -0.25) is 4.79 Å². The highest BCUT2D eigenvalue weighted by Crippen LogP contribution is 2.29. The van der Waals surface area contributed by atoms with Gasteiger partial charge >= 0.3 is 0 Å². The molecule has 0 aliphatic carbocycles. The summed E-state index contributed by atoms with van der Waals surface area (Å²) in [6, 6.07) is 4.03. The van der Waals surface area contributed by atoms with Crippen LogP contribution >= 0.6 is 0 Å². The normalized spacial score (nSPS) is 20.2. The van der Waals surface area contributed by atoms with Crippen LogP contribution in [0.5, 0.6) is 5.75 Å². The number of hydrogen-bond acceptors (Lipinski definition) is 2. The van der Waals surface area contributed by atoms with Gasteiger partial charge in [-0.25, -0.2) is 4.39 Å². The van der Waals surface area contributed by atoms with Crippen LogP contribution in [-0.4, -0.2) is 12.0 Å². The second kappa shape index (κ2) is 2.73. The number of benzene rings is 1. The van der Waals surface area contributed by atoms with Crippen molar-refractivity contribution >= 4 is 11.6 Å². The van der Waals surface area contributed by atoms with Crippen LogP contribution in [-0.2, 0) is 4.79 Å². The first-order valence-corrected chi connectivity index (χ1v) is 3.94. The van der Waals surface area contributed by atoms with Gasteiger partial charge in [-0.1, -0.05) is 0 Å². The maximum absolute atomic E-state index is 12.7. The van der Waals surface area contributed by atoms with Gasteiger partial charge in [-0.2, -0.15) is 0 Å². The Morgan fingerprint density at radius 3 is 3.08 bits per heavy atom. The lowest BCUT2D eigenvalue weighted by Gasteiger charge is -2.22. The summed E-state index contributed by atoms with van der Waals surface area (Å²) in [6.45, 7) is 1.64. The zero-order chi connectivity index (χ0) is 9.42. The maximum Gasteiger partial charge on any atom is 0.265 e. The van der Waals surface area contributed by atoms with Crippen molar-refractivity contribution in [3.63, 3.8) is 0 Å². The van der Waals surface area contributed by atoms with Crippen molar-refractivity contribution in [1.29, 1.82) is 0 Å². The van der Waals surface area contributed by atoms with Gasteiger partial charge in [0.05, 0.1) is 5.69 Å². The lowest BCUT2D eigenvalue weighted by molar-refractivity contribution is -0.122. The van der Waals surface area contributed by atoms with Crippen LogP contribution in [0, 0.1) is 5.82 Å². The SMILES string of the molecule is C[C@@H]1Oc2ccc(F)cc2NC1=O. The Morgan fingerprint density at radius 2 is 2.31 bits per heavy atom. The number of anilines is 1. The molecule has 1 N–H and O–H groups in total. The molecule has 0 bridgehead atoms. The van der Waals surface area contributed by atoms with E-state index >= 15 is 0 Å². The van der Waals surface area contributed by atoms with Gasteiger partial charge in [0.15, 0.2) is 6.10 Å². The van der Waals surface area contributed by atoms with E-state index in [1.54, 1.807) is 6.92 Å². The van der Waals surface area contributed by atoms with E-state index in [0.717, 1.165) is 0 Å². The third kappa shape index (κ3) is 1.35. The van der Waals surface area contributed by atoms with Crippen molar-refractivity contribution in [2.45, 2.75) is 13.0 Å². The first-order valence-electron chi connectivity index (χ1n) is 3.94. The average Bonchev–Trinajstić information content (AvgIpc) is 2.08. The zero-order valence-corrected chi connectivity index (χ0v) is 7.00. The van der Waals surface area contributed by atoms with Crippen molar-refractivity contribution in [2.75, 3.05) is 5.32 Å². The molecule has 1 aliphatic rings. The zero-order valence-electron chi connectivity index (χ0n) is 7.00. The molecule has 0 aromatic heterocycles. The monoisotopic (exact) mass is 181 g/mol. The van der Waals surface area contributed by atoms with Gasteiger partial charge < -0.3 is 10.1 Å². The predicted molar refractivity (Wildman–Crippen MR) is 45.1 cm³/mol. The second-order valence-electron chi connectivity index (χ2n) is 2.89. The summed E-state index contributed by atoms with van der Waals surface area (Å²) in [5.41, 5.74) is 0.392. The molecule has 0 spiro atoms. The lowest BCUT2D eigenvalue weighted by atomic mass is 10.2. The molecule has 13 heavy (non-hydrogen) atoms. The largest absolute Gasteiger partial charge is 0.479 e. The number of halogens is 1.